The van der Waals surface area contributed by atoms with Crippen molar-refractivity contribution in [1.29, 1.82) is 0 Å². The molecule has 1 saturated heterocycles. The highest BCUT2D eigenvalue weighted by Gasteiger charge is 2.28. The summed E-state index contributed by atoms with van der Waals surface area (Å²) < 4.78 is 0. The molecule has 2 rings (SSSR count). The predicted molar refractivity (Wildman–Crippen MR) is 59.5 cm³/mol. The number of aromatic nitrogens is 1. The zero-order valence-electron chi connectivity index (χ0n) is 8.69. The van der Waals surface area contributed by atoms with Crippen molar-refractivity contribution in [3.63, 3.8) is 0 Å². The van der Waals surface area contributed by atoms with Gasteiger partial charge in [-0.3, -0.25) is 4.79 Å². The molecule has 15 heavy (non-hydrogen) atoms. The Morgan fingerprint density at radius 3 is 3.13 bits per heavy atom. The smallest absolute Gasteiger partial charge is 0.223 e. The van der Waals surface area contributed by atoms with Gasteiger partial charge in [0, 0.05) is 11.3 Å². The molecule has 0 radical (unpaired) electrons. The van der Waals surface area contributed by atoms with Gasteiger partial charge in [-0.25, -0.2) is 4.98 Å². The van der Waals surface area contributed by atoms with Gasteiger partial charge in [-0.2, -0.15) is 0 Å². The number of nitrogens with one attached hydrogen (secondary N) is 2. The van der Waals surface area contributed by atoms with E-state index in [0.29, 0.717) is 12.5 Å². The zero-order valence-corrected chi connectivity index (χ0v) is 9.51. The second-order valence-corrected chi connectivity index (χ2v) is 4.62. The largest absolute Gasteiger partial charge is 0.350 e. The molecular formula is C10H15N3OS. The van der Waals surface area contributed by atoms with Crippen molar-refractivity contribution in [3.8, 4) is 0 Å². The van der Waals surface area contributed by atoms with E-state index >= 15 is 0 Å². The lowest BCUT2D eigenvalue weighted by molar-refractivity contribution is -0.126. The molecule has 1 aliphatic rings. The summed E-state index contributed by atoms with van der Waals surface area (Å²) in [6, 6.07) is 0. The highest BCUT2D eigenvalue weighted by atomic mass is 32.1. The minimum atomic E-state index is 0.102. The third kappa shape index (κ3) is 2.54. The van der Waals surface area contributed by atoms with Crippen LogP contribution in [-0.2, 0) is 11.3 Å². The third-order valence-electron chi connectivity index (χ3n) is 2.86. The van der Waals surface area contributed by atoms with Crippen LogP contribution in [0.15, 0.2) is 10.9 Å². The second-order valence-electron chi connectivity index (χ2n) is 3.90. The summed E-state index contributed by atoms with van der Waals surface area (Å²) in [5.74, 6) is 0.736. The van der Waals surface area contributed by atoms with Gasteiger partial charge in [0.25, 0.3) is 0 Å². The molecule has 4 nitrogen and oxygen atoms in total. The summed E-state index contributed by atoms with van der Waals surface area (Å²) >= 11 is 1.55. The van der Waals surface area contributed by atoms with Crippen LogP contribution < -0.4 is 10.6 Å². The van der Waals surface area contributed by atoms with Crippen molar-refractivity contribution in [2.75, 3.05) is 13.1 Å². The van der Waals surface area contributed by atoms with E-state index in [2.05, 4.69) is 15.6 Å². The molecule has 1 aromatic rings. The summed E-state index contributed by atoms with van der Waals surface area (Å²) in [7, 11) is 0. The molecule has 0 saturated carbocycles. The summed E-state index contributed by atoms with van der Waals surface area (Å²) in [4.78, 5) is 15.8. The minimum Gasteiger partial charge on any atom is -0.350 e. The predicted octanol–water partition coefficient (Wildman–Crippen LogP) is 0.615. The molecule has 2 heterocycles. The molecule has 1 fully saturated rings. The molecule has 0 bridgehead atoms. The van der Waals surface area contributed by atoms with Gasteiger partial charge in [-0.15, -0.1) is 11.3 Å². The Morgan fingerprint density at radius 1 is 1.80 bits per heavy atom. The van der Waals surface area contributed by atoms with Crippen LogP contribution in [0.5, 0.6) is 0 Å². The van der Waals surface area contributed by atoms with E-state index in [1.807, 2.05) is 12.3 Å². The van der Waals surface area contributed by atoms with Gasteiger partial charge in [0.05, 0.1) is 17.7 Å². The monoisotopic (exact) mass is 225 g/mol. The van der Waals surface area contributed by atoms with Crippen LogP contribution >= 0.6 is 11.3 Å². The molecule has 1 aromatic heterocycles. The van der Waals surface area contributed by atoms with Crippen molar-refractivity contribution < 1.29 is 4.79 Å². The van der Waals surface area contributed by atoms with Crippen molar-refractivity contribution in [2.24, 2.45) is 11.8 Å². The lowest BCUT2D eigenvalue weighted by Gasteiger charge is -2.31. The van der Waals surface area contributed by atoms with E-state index in [1.54, 1.807) is 16.8 Å². The number of hydrogen-bond acceptors (Lipinski definition) is 4. The number of rotatable bonds is 4. The first-order valence-electron chi connectivity index (χ1n) is 5.13. The normalized spacial score (nSPS) is 18.2. The first-order valence-corrected chi connectivity index (χ1v) is 6.07. The topological polar surface area (TPSA) is 54.0 Å². The Balaban J connectivity index is 1.76. The van der Waals surface area contributed by atoms with Gasteiger partial charge in [-0.05, 0) is 19.0 Å². The lowest BCUT2D eigenvalue weighted by Crippen LogP contribution is -2.49. The van der Waals surface area contributed by atoms with Gasteiger partial charge >= 0.3 is 0 Å². The molecule has 82 valence electrons. The number of nitrogens with zero attached hydrogens (tertiary/aromatic N) is 1. The van der Waals surface area contributed by atoms with E-state index < -0.39 is 0 Å². The average molecular weight is 225 g/mol. The van der Waals surface area contributed by atoms with E-state index in [1.165, 1.54) is 0 Å². The van der Waals surface area contributed by atoms with Crippen molar-refractivity contribution in [3.05, 3.63) is 16.6 Å². The number of hydrogen-bond donors (Lipinski definition) is 2. The van der Waals surface area contributed by atoms with E-state index in [0.717, 1.165) is 18.8 Å². The number of carbonyl (C=O) groups excluding carboxylic acids is 1. The van der Waals surface area contributed by atoms with Gasteiger partial charge in [0.1, 0.15) is 0 Å². The second kappa shape index (κ2) is 4.72. The number of amides is 1. The molecule has 0 spiro atoms. The summed E-state index contributed by atoms with van der Waals surface area (Å²) in [6.45, 7) is 4.46. The first kappa shape index (κ1) is 10.6. The van der Waals surface area contributed by atoms with Crippen LogP contribution in [0.4, 0.5) is 0 Å². The highest BCUT2D eigenvalue weighted by Crippen LogP contribution is 2.15. The minimum absolute atomic E-state index is 0.102. The van der Waals surface area contributed by atoms with Crippen LogP contribution in [0.25, 0.3) is 0 Å². The maximum Gasteiger partial charge on any atom is 0.223 e. The van der Waals surface area contributed by atoms with Crippen LogP contribution in [0, 0.1) is 11.8 Å². The number of carbonyl (C=O) groups is 1. The fourth-order valence-corrected chi connectivity index (χ4v) is 2.10. The summed E-state index contributed by atoms with van der Waals surface area (Å²) in [6.07, 6.45) is 0. The Morgan fingerprint density at radius 2 is 2.60 bits per heavy atom. The standard InChI is InChI=1S/C10H15N3OS/c1-7(8-2-11-3-8)10(14)12-4-9-5-15-6-13-9/h5-8,11H,2-4H2,1H3,(H,12,14). The van der Waals surface area contributed by atoms with Gasteiger partial charge in [-0.1, -0.05) is 6.92 Å². The van der Waals surface area contributed by atoms with Gasteiger partial charge in [0.15, 0.2) is 0 Å². The van der Waals surface area contributed by atoms with Crippen molar-refractivity contribution in [2.45, 2.75) is 13.5 Å². The molecule has 0 aliphatic carbocycles. The molecule has 0 aromatic carbocycles. The highest BCUT2D eigenvalue weighted by molar-refractivity contribution is 7.07. The van der Waals surface area contributed by atoms with E-state index in [-0.39, 0.29) is 11.8 Å². The average Bonchev–Trinajstić information content (AvgIpc) is 2.63. The molecule has 5 heteroatoms. The van der Waals surface area contributed by atoms with Crippen molar-refractivity contribution in [1.82, 2.24) is 15.6 Å². The lowest BCUT2D eigenvalue weighted by atomic mass is 9.88. The fraction of sp³-hybridized carbons (Fsp3) is 0.600. The van der Waals surface area contributed by atoms with Crippen molar-refractivity contribution >= 4 is 17.2 Å². The first-order chi connectivity index (χ1) is 7.27. The third-order valence-corrected chi connectivity index (χ3v) is 3.50. The van der Waals surface area contributed by atoms with Crippen LogP contribution in [0.3, 0.4) is 0 Å². The molecule has 1 unspecified atom stereocenters. The van der Waals surface area contributed by atoms with Crippen LogP contribution in [0.2, 0.25) is 0 Å². The van der Waals surface area contributed by atoms with Gasteiger partial charge < -0.3 is 10.6 Å². The van der Waals surface area contributed by atoms with Gasteiger partial charge in [0.2, 0.25) is 5.91 Å². The van der Waals surface area contributed by atoms with E-state index in [9.17, 15) is 4.79 Å². The van der Waals surface area contributed by atoms with Crippen LogP contribution in [-0.4, -0.2) is 24.0 Å². The molecule has 1 atom stereocenters. The maximum atomic E-state index is 11.7. The zero-order chi connectivity index (χ0) is 10.7. The molecule has 2 N–H and O–H groups in total. The number of thiazole rings is 1. The maximum absolute atomic E-state index is 11.7. The van der Waals surface area contributed by atoms with E-state index in [4.69, 9.17) is 0 Å². The Labute approximate surface area is 93.1 Å². The Kier molecular flexibility index (Phi) is 3.33. The SMILES string of the molecule is CC(C(=O)NCc1cscn1)C1CNC1. The molecule has 1 amide bonds. The van der Waals surface area contributed by atoms with Crippen LogP contribution in [0.1, 0.15) is 12.6 Å². The summed E-state index contributed by atoms with van der Waals surface area (Å²) in [5, 5.41) is 8.04. The summed E-state index contributed by atoms with van der Waals surface area (Å²) in [5.41, 5.74) is 2.72. The fourth-order valence-electron chi connectivity index (χ4n) is 1.54. The quantitative estimate of drug-likeness (QED) is 0.789. The molecule has 1 aliphatic heterocycles. The Hall–Kier alpha value is -0.940. The molecular weight excluding hydrogens is 210 g/mol. The Bertz CT molecular complexity index is 321.